The minimum Gasteiger partial charge on any atom is -0.355 e. The van der Waals surface area contributed by atoms with Crippen LogP contribution >= 0.6 is 11.3 Å². The van der Waals surface area contributed by atoms with Crippen LogP contribution < -0.4 is 5.32 Å². The largest absolute Gasteiger partial charge is 0.355 e. The van der Waals surface area contributed by atoms with Gasteiger partial charge in [0.25, 0.3) is 0 Å². The maximum absolute atomic E-state index is 12.3. The zero-order chi connectivity index (χ0) is 18.6. The van der Waals surface area contributed by atoms with Gasteiger partial charge in [-0.3, -0.25) is 9.20 Å². The third kappa shape index (κ3) is 4.09. The zero-order valence-electron chi connectivity index (χ0n) is 15.2. The lowest BCUT2D eigenvalue weighted by Gasteiger charge is -2.05. The lowest BCUT2D eigenvalue weighted by molar-refractivity contribution is -0.120. The molecule has 0 fully saturated rings. The van der Waals surface area contributed by atoms with E-state index >= 15 is 0 Å². The first kappa shape index (κ1) is 17.5. The van der Waals surface area contributed by atoms with Crippen molar-refractivity contribution in [3.63, 3.8) is 0 Å². The highest BCUT2D eigenvalue weighted by Crippen LogP contribution is 2.23. The fraction of sp³-hybridized carbons (Fsp3) is 0.182. The molecule has 0 unspecified atom stereocenters. The fourth-order valence-electron chi connectivity index (χ4n) is 3.03. The summed E-state index contributed by atoms with van der Waals surface area (Å²) in [5.41, 5.74) is 5.48. The number of thiazole rings is 1. The van der Waals surface area contributed by atoms with E-state index in [9.17, 15) is 4.79 Å². The second-order valence-electron chi connectivity index (χ2n) is 6.63. The molecule has 0 aliphatic rings. The topological polar surface area (TPSA) is 46.4 Å². The van der Waals surface area contributed by atoms with Crippen LogP contribution in [0.5, 0.6) is 0 Å². The molecule has 136 valence electrons. The van der Waals surface area contributed by atoms with Crippen LogP contribution in [0.15, 0.2) is 66.2 Å². The second-order valence-corrected chi connectivity index (χ2v) is 7.47. The predicted molar refractivity (Wildman–Crippen MR) is 110 cm³/mol. The summed E-state index contributed by atoms with van der Waals surface area (Å²) in [6.07, 6.45) is 3.21. The molecule has 27 heavy (non-hydrogen) atoms. The number of fused-ring (bicyclic) bond motifs is 1. The first-order valence-corrected chi connectivity index (χ1v) is 9.90. The summed E-state index contributed by atoms with van der Waals surface area (Å²) >= 11 is 1.57. The van der Waals surface area contributed by atoms with Crippen LogP contribution in [0.2, 0.25) is 0 Å². The van der Waals surface area contributed by atoms with E-state index in [0.717, 1.165) is 28.3 Å². The van der Waals surface area contributed by atoms with Gasteiger partial charge in [0.05, 0.1) is 12.1 Å². The molecule has 0 bridgehead atoms. The normalized spacial score (nSPS) is 11.0. The van der Waals surface area contributed by atoms with E-state index in [1.54, 1.807) is 11.3 Å². The highest BCUT2D eigenvalue weighted by molar-refractivity contribution is 7.15. The van der Waals surface area contributed by atoms with Crippen LogP contribution in [-0.2, 0) is 17.6 Å². The first-order valence-electron chi connectivity index (χ1n) is 9.02. The van der Waals surface area contributed by atoms with Gasteiger partial charge in [-0.2, -0.15) is 0 Å². The van der Waals surface area contributed by atoms with Gasteiger partial charge in [0, 0.05) is 29.4 Å². The van der Waals surface area contributed by atoms with Crippen molar-refractivity contribution in [2.24, 2.45) is 0 Å². The Kier molecular flexibility index (Phi) is 5.03. The number of nitrogens with one attached hydrogen (secondary N) is 1. The standard InChI is InChI=1S/C22H21N3OS/c1-16-7-9-17(10-8-16)11-12-23-21(26)13-19-15-27-22-24-20(14-25(19)22)18-5-3-2-4-6-18/h2-10,14-15H,11-13H2,1H3,(H,23,26). The van der Waals surface area contributed by atoms with Crippen LogP contribution in [0.4, 0.5) is 0 Å². The summed E-state index contributed by atoms with van der Waals surface area (Å²) in [6, 6.07) is 18.5. The third-order valence-electron chi connectivity index (χ3n) is 4.55. The number of imidazole rings is 1. The van der Waals surface area contributed by atoms with E-state index in [0.29, 0.717) is 13.0 Å². The number of amides is 1. The zero-order valence-corrected chi connectivity index (χ0v) is 16.0. The van der Waals surface area contributed by atoms with E-state index in [2.05, 4.69) is 41.5 Å². The Labute approximate surface area is 162 Å². The first-order chi connectivity index (χ1) is 13.2. The fourth-order valence-corrected chi connectivity index (χ4v) is 3.91. The Morgan fingerprint density at radius 1 is 1.11 bits per heavy atom. The van der Waals surface area contributed by atoms with Crippen LogP contribution in [-0.4, -0.2) is 21.8 Å². The molecule has 0 atom stereocenters. The smallest absolute Gasteiger partial charge is 0.225 e. The number of nitrogens with zero attached hydrogens (tertiary/aromatic N) is 2. The van der Waals surface area contributed by atoms with Crippen molar-refractivity contribution in [3.05, 3.63) is 83.0 Å². The van der Waals surface area contributed by atoms with Gasteiger partial charge in [0.1, 0.15) is 0 Å². The molecule has 5 heteroatoms. The van der Waals surface area contributed by atoms with Gasteiger partial charge >= 0.3 is 0 Å². The van der Waals surface area contributed by atoms with Crippen molar-refractivity contribution < 1.29 is 4.79 Å². The summed E-state index contributed by atoms with van der Waals surface area (Å²) in [4.78, 5) is 17.9. The molecule has 0 saturated heterocycles. The van der Waals surface area contributed by atoms with E-state index in [1.165, 1.54) is 11.1 Å². The van der Waals surface area contributed by atoms with Crippen LogP contribution in [0.25, 0.3) is 16.2 Å². The molecule has 4 rings (SSSR count). The third-order valence-corrected chi connectivity index (χ3v) is 5.44. The van der Waals surface area contributed by atoms with E-state index in [1.807, 2.05) is 46.3 Å². The Hall–Kier alpha value is -2.92. The molecule has 2 heterocycles. The molecular formula is C22H21N3OS. The van der Waals surface area contributed by atoms with Gasteiger partial charge in [0.2, 0.25) is 5.91 Å². The van der Waals surface area contributed by atoms with E-state index < -0.39 is 0 Å². The highest BCUT2D eigenvalue weighted by Gasteiger charge is 2.12. The molecule has 2 aromatic heterocycles. The number of aromatic nitrogens is 2. The Morgan fingerprint density at radius 3 is 2.67 bits per heavy atom. The summed E-state index contributed by atoms with van der Waals surface area (Å²) in [7, 11) is 0. The van der Waals surface area contributed by atoms with Gasteiger partial charge in [0.15, 0.2) is 4.96 Å². The monoisotopic (exact) mass is 375 g/mol. The Balaban J connectivity index is 1.38. The Bertz CT molecular complexity index is 1050. The minimum absolute atomic E-state index is 0.0387. The van der Waals surface area contributed by atoms with Crippen molar-refractivity contribution in [1.82, 2.24) is 14.7 Å². The summed E-state index contributed by atoms with van der Waals surface area (Å²) in [6.45, 7) is 2.72. The van der Waals surface area contributed by atoms with Crippen molar-refractivity contribution >= 4 is 22.2 Å². The minimum atomic E-state index is 0.0387. The van der Waals surface area contributed by atoms with Crippen LogP contribution in [0, 0.1) is 6.92 Å². The number of aryl methyl sites for hydroxylation is 1. The van der Waals surface area contributed by atoms with Crippen LogP contribution in [0.3, 0.4) is 0 Å². The molecular weight excluding hydrogens is 354 g/mol. The molecule has 4 aromatic rings. The quantitative estimate of drug-likeness (QED) is 0.547. The molecule has 0 aliphatic heterocycles. The Morgan fingerprint density at radius 2 is 1.89 bits per heavy atom. The van der Waals surface area contributed by atoms with Crippen molar-refractivity contribution in [2.45, 2.75) is 19.8 Å². The highest BCUT2D eigenvalue weighted by atomic mass is 32.1. The van der Waals surface area contributed by atoms with E-state index in [-0.39, 0.29) is 5.91 Å². The molecule has 0 saturated carbocycles. The number of benzene rings is 2. The van der Waals surface area contributed by atoms with Crippen molar-refractivity contribution in [1.29, 1.82) is 0 Å². The molecule has 0 radical (unpaired) electrons. The summed E-state index contributed by atoms with van der Waals surface area (Å²) < 4.78 is 2.02. The van der Waals surface area contributed by atoms with E-state index in [4.69, 9.17) is 0 Å². The van der Waals surface area contributed by atoms with Gasteiger partial charge < -0.3 is 5.32 Å². The maximum atomic E-state index is 12.3. The average Bonchev–Trinajstić information content (AvgIpc) is 3.26. The summed E-state index contributed by atoms with van der Waals surface area (Å²) in [5, 5.41) is 5.03. The maximum Gasteiger partial charge on any atom is 0.225 e. The number of hydrogen-bond acceptors (Lipinski definition) is 3. The van der Waals surface area contributed by atoms with Crippen molar-refractivity contribution in [3.8, 4) is 11.3 Å². The number of carbonyl (C=O) groups is 1. The molecule has 4 nitrogen and oxygen atoms in total. The van der Waals surface area contributed by atoms with Gasteiger partial charge in [-0.25, -0.2) is 4.98 Å². The number of rotatable bonds is 6. The molecule has 1 N–H and O–H groups in total. The van der Waals surface area contributed by atoms with Gasteiger partial charge in [-0.15, -0.1) is 11.3 Å². The lowest BCUT2D eigenvalue weighted by Crippen LogP contribution is -2.27. The second kappa shape index (κ2) is 7.76. The molecule has 2 aromatic carbocycles. The number of hydrogen-bond donors (Lipinski definition) is 1. The molecule has 1 amide bonds. The van der Waals surface area contributed by atoms with Crippen molar-refractivity contribution in [2.75, 3.05) is 6.54 Å². The average molecular weight is 375 g/mol. The predicted octanol–water partition coefficient (Wildman–Crippen LogP) is 4.27. The lowest BCUT2D eigenvalue weighted by atomic mass is 10.1. The summed E-state index contributed by atoms with van der Waals surface area (Å²) in [5.74, 6) is 0.0387. The van der Waals surface area contributed by atoms with Crippen LogP contribution in [0.1, 0.15) is 16.8 Å². The van der Waals surface area contributed by atoms with Gasteiger partial charge in [-0.1, -0.05) is 60.2 Å². The number of carbonyl (C=O) groups excluding carboxylic acids is 1. The molecule has 0 spiro atoms. The van der Waals surface area contributed by atoms with Gasteiger partial charge in [-0.05, 0) is 18.9 Å². The molecule has 0 aliphatic carbocycles. The SMILES string of the molecule is Cc1ccc(CCNC(=O)Cc2csc3nc(-c4ccccc4)cn23)cc1.